The Balaban J connectivity index is 0.000000210. The van der Waals surface area contributed by atoms with Crippen LogP contribution in [0.25, 0.3) is 21.5 Å². The van der Waals surface area contributed by atoms with Crippen molar-refractivity contribution in [3.05, 3.63) is 89.5 Å². The second-order valence-corrected chi connectivity index (χ2v) is 13.1. The van der Waals surface area contributed by atoms with Crippen molar-refractivity contribution in [2.24, 2.45) is 17.8 Å². The summed E-state index contributed by atoms with van der Waals surface area (Å²) in [7, 11) is 0. The molecule has 3 aromatic carbocycles. The Bertz CT molecular complexity index is 1180. The van der Waals surface area contributed by atoms with Gasteiger partial charge in [-0.15, -0.1) is 45.8 Å². The second kappa shape index (κ2) is 11.4. The molecule has 0 nitrogen and oxygen atoms in total. The maximum Gasteiger partial charge on any atom is 0 e. The maximum absolute atomic E-state index is 3.25. The van der Waals surface area contributed by atoms with Gasteiger partial charge < -0.3 is 0 Å². The van der Waals surface area contributed by atoms with E-state index in [1.807, 2.05) is 6.08 Å². The molecule has 2 unspecified atom stereocenters. The van der Waals surface area contributed by atoms with Crippen LogP contribution in [0.4, 0.5) is 0 Å². The fourth-order valence-electron chi connectivity index (χ4n) is 5.47. The molecule has 0 amide bonds. The van der Waals surface area contributed by atoms with Crippen LogP contribution in [0, 0.1) is 23.8 Å². The van der Waals surface area contributed by atoms with Crippen molar-refractivity contribution in [3.63, 3.8) is 0 Å². The summed E-state index contributed by atoms with van der Waals surface area (Å²) < 4.78 is 0. The Kier molecular flexibility index (Phi) is 9.19. The third-order valence-corrected chi connectivity index (χ3v) is 7.93. The van der Waals surface area contributed by atoms with E-state index in [1.165, 1.54) is 57.5 Å². The van der Waals surface area contributed by atoms with Crippen molar-refractivity contribution < 1.29 is 25.8 Å². The molecular weight excluding hydrogens is 599 g/mol. The van der Waals surface area contributed by atoms with Gasteiger partial charge >= 0.3 is 0 Å². The van der Waals surface area contributed by atoms with Gasteiger partial charge in [-0.2, -0.15) is 29.9 Å². The zero-order valence-electron chi connectivity index (χ0n) is 23.7. The van der Waals surface area contributed by atoms with E-state index in [9.17, 15) is 0 Å². The van der Waals surface area contributed by atoms with Gasteiger partial charge in [-0.05, 0) is 22.7 Å². The average molecular weight is 643 g/mol. The Morgan fingerprint density at radius 3 is 1.83 bits per heavy atom. The van der Waals surface area contributed by atoms with E-state index in [0.29, 0.717) is 0 Å². The smallest absolute Gasteiger partial charge is 0 e. The predicted molar refractivity (Wildman–Crippen MR) is 155 cm³/mol. The van der Waals surface area contributed by atoms with Gasteiger partial charge in [-0.25, -0.2) is 0 Å². The van der Waals surface area contributed by atoms with Crippen LogP contribution in [0.15, 0.2) is 72.3 Å². The van der Waals surface area contributed by atoms with Crippen LogP contribution in [0.5, 0.6) is 0 Å². The molecule has 36 heavy (non-hydrogen) atoms. The number of benzene rings is 2. The standard InChI is InChI=1S/C21H25.C14H19.Hf/c1-20(2,3)16-7-9-18-14(12-16)11-15-13-17(21(4,5)6)8-10-19(15)18;1-11(2)14-8-7-13(10-14)9-12-5-3-4-6-12;/h7-13H,1-6H3;3-5,9,11,13-14H,7-8,10H2,1-2H3;/q2*-1;/b;12-9+;. The first-order chi connectivity index (χ1) is 16.4. The van der Waals surface area contributed by atoms with E-state index in [0.717, 1.165) is 17.8 Å². The van der Waals surface area contributed by atoms with Crippen molar-refractivity contribution in [2.75, 3.05) is 0 Å². The van der Waals surface area contributed by atoms with E-state index >= 15 is 0 Å². The molecule has 190 valence electrons. The molecular formula is C35H44Hf-2. The van der Waals surface area contributed by atoms with Gasteiger partial charge in [-0.3, -0.25) is 0 Å². The van der Waals surface area contributed by atoms with Crippen LogP contribution >= 0.6 is 0 Å². The van der Waals surface area contributed by atoms with E-state index in [1.54, 1.807) is 0 Å². The van der Waals surface area contributed by atoms with Crippen LogP contribution < -0.4 is 0 Å². The quantitative estimate of drug-likeness (QED) is 0.193. The van der Waals surface area contributed by atoms with Gasteiger partial charge in [0.05, 0.1) is 0 Å². The summed E-state index contributed by atoms with van der Waals surface area (Å²) in [6.45, 7) is 18.3. The number of allylic oxidation sites excluding steroid dienone is 6. The van der Waals surface area contributed by atoms with E-state index in [2.05, 4.69) is 122 Å². The van der Waals surface area contributed by atoms with Crippen molar-refractivity contribution in [1.82, 2.24) is 0 Å². The topological polar surface area (TPSA) is 0 Å². The first kappa shape index (κ1) is 29.0. The molecule has 2 aliphatic carbocycles. The fourth-order valence-corrected chi connectivity index (χ4v) is 5.47. The Morgan fingerprint density at radius 1 is 0.861 bits per heavy atom. The Labute approximate surface area is 239 Å². The molecule has 0 bridgehead atoms. The summed E-state index contributed by atoms with van der Waals surface area (Å²) >= 11 is 0. The molecule has 2 atom stereocenters. The molecule has 0 N–H and O–H groups in total. The van der Waals surface area contributed by atoms with Gasteiger partial charge in [-0.1, -0.05) is 116 Å². The van der Waals surface area contributed by atoms with Gasteiger partial charge in [0.2, 0.25) is 0 Å². The summed E-state index contributed by atoms with van der Waals surface area (Å²) in [6, 6.07) is 16.2. The molecule has 1 heteroatoms. The summed E-state index contributed by atoms with van der Waals surface area (Å²) in [5, 5.41) is 5.48. The molecule has 0 saturated heterocycles. The minimum absolute atomic E-state index is 0. The van der Waals surface area contributed by atoms with E-state index in [4.69, 9.17) is 0 Å². The van der Waals surface area contributed by atoms with Crippen molar-refractivity contribution in [3.8, 4) is 0 Å². The largest absolute Gasteiger partial charge is 0.177 e. The summed E-state index contributed by atoms with van der Waals surface area (Å²) in [5.41, 5.74) is 4.50. The number of fused-ring (bicyclic) bond motifs is 3. The predicted octanol–water partition coefficient (Wildman–Crippen LogP) is 10.2. The first-order valence-corrected chi connectivity index (χ1v) is 13.5. The van der Waals surface area contributed by atoms with Gasteiger partial charge in [0.15, 0.2) is 0 Å². The molecule has 1 fully saturated rings. The molecule has 0 heterocycles. The van der Waals surface area contributed by atoms with Crippen LogP contribution in [0.3, 0.4) is 0 Å². The zero-order chi connectivity index (χ0) is 25.4. The molecule has 5 rings (SSSR count). The number of hydrogen-bond acceptors (Lipinski definition) is 0. The molecule has 0 radical (unpaired) electrons. The monoisotopic (exact) mass is 644 g/mol. The van der Waals surface area contributed by atoms with Gasteiger partial charge in [0.25, 0.3) is 0 Å². The van der Waals surface area contributed by atoms with E-state index in [-0.39, 0.29) is 36.7 Å². The summed E-state index contributed by atoms with van der Waals surface area (Å²) in [5.74, 6) is 2.62. The van der Waals surface area contributed by atoms with Crippen molar-refractivity contribution in [2.45, 2.75) is 85.5 Å². The van der Waals surface area contributed by atoms with E-state index < -0.39 is 0 Å². The van der Waals surface area contributed by atoms with Crippen LogP contribution in [0.2, 0.25) is 0 Å². The minimum atomic E-state index is 0. The van der Waals surface area contributed by atoms with Crippen molar-refractivity contribution in [1.29, 1.82) is 0 Å². The normalized spacial score (nSPS) is 20.9. The molecule has 0 aromatic heterocycles. The van der Waals surface area contributed by atoms with Crippen LogP contribution in [-0.4, -0.2) is 0 Å². The number of rotatable bonds is 2. The Morgan fingerprint density at radius 2 is 1.42 bits per heavy atom. The average Bonchev–Trinajstić information content (AvgIpc) is 3.52. The zero-order valence-corrected chi connectivity index (χ0v) is 27.3. The summed E-state index contributed by atoms with van der Waals surface area (Å²) in [6.07, 6.45) is 16.1. The van der Waals surface area contributed by atoms with Crippen LogP contribution in [-0.2, 0) is 36.7 Å². The SMILES string of the molecule is CC(C)(C)c1ccc2c(c1)[cH-]c1cc(C(C)(C)C)ccc12.CC(C)C1CCC(/C=C2/[C-]=CC=C2)C1.[Hf]. The van der Waals surface area contributed by atoms with Gasteiger partial charge in [0, 0.05) is 25.8 Å². The molecule has 2 aliphatic rings. The fraction of sp³-hybridized carbons (Fsp3) is 0.457. The summed E-state index contributed by atoms with van der Waals surface area (Å²) in [4.78, 5) is 0. The van der Waals surface area contributed by atoms with Crippen LogP contribution in [0.1, 0.15) is 85.8 Å². The van der Waals surface area contributed by atoms with Crippen molar-refractivity contribution >= 4 is 21.5 Å². The maximum atomic E-state index is 3.25. The molecule has 0 aliphatic heterocycles. The van der Waals surface area contributed by atoms with Gasteiger partial charge in [0.1, 0.15) is 0 Å². The third-order valence-electron chi connectivity index (χ3n) is 7.93. The number of hydrogen-bond donors (Lipinski definition) is 0. The first-order valence-electron chi connectivity index (χ1n) is 13.5. The second-order valence-electron chi connectivity index (χ2n) is 13.1. The molecule has 0 spiro atoms. The third kappa shape index (κ3) is 6.83. The Hall–Kier alpha value is -1.60. The molecule has 3 aromatic rings. The molecule has 1 saturated carbocycles. The minimum Gasteiger partial charge on any atom is -0.177 e.